The largest absolute Gasteiger partial charge is 0.671 e. The maximum Gasteiger partial charge on any atom is 0.671 e. The summed E-state index contributed by atoms with van der Waals surface area (Å²) in [7, 11) is -8.50. The van der Waals surface area contributed by atoms with Crippen LogP contribution >= 0.6 is 0 Å². The minimum absolute atomic E-state index is 0.0459. The molecule has 8 nitrogen and oxygen atoms in total. The van der Waals surface area contributed by atoms with Crippen molar-refractivity contribution in [3.8, 4) is 0 Å². The quantitative estimate of drug-likeness (QED) is 0.225. The fourth-order valence-electron chi connectivity index (χ4n) is 0.341. The summed E-state index contributed by atoms with van der Waals surface area (Å²) in [6.07, 6.45) is 2.62. The minimum Gasteiger partial charge on any atom is -0.368 e. The normalized spacial score (nSPS) is 11.4. The van der Waals surface area contributed by atoms with Crippen LogP contribution in [0.4, 0.5) is 0 Å². The highest BCUT2D eigenvalue weighted by atomic mass is 28.4. The van der Waals surface area contributed by atoms with Gasteiger partial charge in [-0.15, -0.1) is 13.2 Å². The second kappa shape index (κ2) is 8.71. The molecular weight excluding hydrogens is 256 g/mol. The van der Waals surface area contributed by atoms with Crippen molar-refractivity contribution in [2.45, 2.75) is 0 Å². The molecule has 0 heterocycles. The molecule has 16 heavy (non-hydrogen) atoms. The Bertz CT molecular complexity index is 174. The highest BCUT2D eigenvalue weighted by molar-refractivity contribution is 6.48. The molecule has 0 fully saturated rings. The van der Waals surface area contributed by atoms with Crippen molar-refractivity contribution in [2.75, 3.05) is 13.2 Å². The Hall–Kier alpha value is -0.406. The van der Waals surface area contributed by atoms with E-state index in [2.05, 4.69) is 22.0 Å². The molecule has 10 heteroatoms. The summed E-state index contributed by atoms with van der Waals surface area (Å²) in [6, 6.07) is 0. The molecule has 0 aromatic carbocycles. The molecule has 0 aromatic rings. The van der Waals surface area contributed by atoms with Gasteiger partial charge >= 0.3 is 18.1 Å². The summed E-state index contributed by atoms with van der Waals surface area (Å²) < 4.78 is 8.13. The van der Waals surface area contributed by atoms with Gasteiger partial charge in [0, 0.05) is 0 Å². The fraction of sp³-hybridized carbons (Fsp3) is 0.333. The van der Waals surface area contributed by atoms with Crippen LogP contribution in [0.3, 0.4) is 0 Å². The molecule has 0 amide bonds. The van der Waals surface area contributed by atoms with Crippen LogP contribution in [0.25, 0.3) is 0 Å². The van der Waals surface area contributed by atoms with Gasteiger partial charge in [0.05, 0.1) is 13.2 Å². The van der Waals surface area contributed by atoms with Crippen molar-refractivity contribution in [3.63, 3.8) is 0 Å². The first-order valence-electron chi connectivity index (χ1n) is 3.96. The highest BCUT2D eigenvalue weighted by Gasteiger charge is 2.29. The molecule has 0 saturated carbocycles. The number of hydrogen-bond donors (Lipinski definition) is 6. The summed E-state index contributed by atoms with van der Waals surface area (Å²) in [4.78, 5) is 48.8. The highest BCUT2D eigenvalue weighted by Crippen LogP contribution is 1.87. The van der Waals surface area contributed by atoms with E-state index in [0.29, 0.717) is 0 Å². The first kappa shape index (κ1) is 18.0. The average Bonchev–Trinajstić information content (AvgIpc) is 2.10. The van der Waals surface area contributed by atoms with Crippen molar-refractivity contribution >= 4 is 18.1 Å². The first-order valence-corrected chi connectivity index (χ1v) is 7.46. The second-order valence-corrected chi connectivity index (χ2v) is 5.22. The van der Waals surface area contributed by atoms with Crippen LogP contribution in [-0.4, -0.2) is 60.1 Å². The van der Waals surface area contributed by atoms with Gasteiger partial charge in [0.2, 0.25) is 0 Å². The van der Waals surface area contributed by atoms with Gasteiger partial charge in [0.1, 0.15) is 0 Å². The fourth-order valence-corrected chi connectivity index (χ4v) is 1.02. The topological polar surface area (TPSA) is 140 Å². The van der Waals surface area contributed by atoms with E-state index in [1.165, 1.54) is 12.2 Å². The predicted octanol–water partition coefficient (Wildman–Crippen LogP) is -2.80. The summed E-state index contributed by atoms with van der Waals surface area (Å²) in [6.45, 7) is 6.36. The molecule has 0 spiro atoms. The molecule has 0 aromatic heterocycles. The zero-order chi connectivity index (χ0) is 13.2. The van der Waals surface area contributed by atoms with Crippen molar-refractivity contribution in [1.29, 1.82) is 0 Å². The van der Waals surface area contributed by atoms with E-state index in [-0.39, 0.29) is 13.2 Å². The third kappa shape index (κ3) is 23.4. The molecule has 0 radical (unpaired) electrons. The van der Waals surface area contributed by atoms with Gasteiger partial charge in [-0.3, -0.25) is 0 Å². The average molecular weight is 272 g/mol. The SMILES string of the molecule is C=CCO[Si](O)(O)O.C=CCO[Si](O)(O)O. The van der Waals surface area contributed by atoms with Gasteiger partial charge in [-0.1, -0.05) is 12.2 Å². The summed E-state index contributed by atoms with van der Waals surface area (Å²) in [5.74, 6) is 0. The van der Waals surface area contributed by atoms with Gasteiger partial charge in [0.25, 0.3) is 0 Å². The molecule has 96 valence electrons. The van der Waals surface area contributed by atoms with Gasteiger partial charge < -0.3 is 37.6 Å². The van der Waals surface area contributed by atoms with E-state index >= 15 is 0 Å². The minimum atomic E-state index is -4.25. The van der Waals surface area contributed by atoms with Gasteiger partial charge in [-0.05, 0) is 0 Å². The van der Waals surface area contributed by atoms with Crippen LogP contribution in [0.1, 0.15) is 0 Å². The van der Waals surface area contributed by atoms with E-state index in [0.717, 1.165) is 0 Å². The molecule has 0 rings (SSSR count). The van der Waals surface area contributed by atoms with Crippen LogP contribution < -0.4 is 0 Å². The molecular formula is C6H16O8Si2. The van der Waals surface area contributed by atoms with Crippen LogP contribution in [-0.2, 0) is 8.85 Å². The van der Waals surface area contributed by atoms with Gasteiger partial charge in [0.15, 0.2) is 0 Å². The third-order valence-corrected chi connectivity index (χ3v) is 1.90. The van der Waals surface area contributed by atoms with Crippen LogP contribution in [0, 0.1) is 0 Å². The zero-order valence-corrected chi connectivity index (χ0v) is 10.5. The first-order chi connectivity index (χ1) is 7.12. The zero-order valence-electron chi connectivity index (χ0n) is 8.48. The number of hydrogen-bond acceptors (Lipinski definition) is 8. The summed E-state index contributed by atoms with van der Waals surface area (Å²) in [5, 5.41) is 0. The monoisotopic (exact) mass is 272 g/mol. The lowest BCUT2D eigenvalue weighted by atomic mass is 10.7. The lowest BCUT2D eigenvalue weighted by molar-refractivity contribution is 0.0728. The van der Waals surface area contributed by atoms with Crippen molar-refractivity contribution in [2.24, 2.45) is 0 Å². The Balaban J connectivity index is 0. The van der Waals surface area contributed by atoms with E-state index < -0.39 is 18.1 Å². The van der Waals surface area contributed by atoms with E-state index in [1.807, 2.05) is 0 Å². The summed E-state index contributed by atoms with van der Waals surface area (Å²) >= 11 is 0. The number of rotatable bonds is 6. The predicted molar refractivity (Wildman–Crippen MR) is 57.1 cm³/mol. The molecule has 0 aliphatic rings. The van der Waals surface area contributed by atoms with Crippen molar-refractivity contribution < 1.29 is 37.6 Å². The van der Waals surface area contributed by atoms with Gasteiger partial charge in [-0.2, -0.15) is 0 Å². The molecule has 0 unspecified atom stereocenters. The van der Waals surface area contributed by atoms with E-state index in [4.69, 9.17) is 28.8 Å². The molecule has 0 bridgehead atoms. The van der Waals surface area contributed by atoms with Crippen LogP contribution in [0.2, 0.25) is 0 Å². The van der Waals surface area contributed by atoms with E-state index in [1.54, 1.807) is 0 Å². The molecule has 0 saturated heterocycles. The maximum atomic E-state index is 8.13. The molecule has 6 N–H and O–H groups in total. The Labute approximate surface area is 94.9 Å². The van der Waals surface area contributed by atoms with Gasteiger partial charge in [-0.25, -0.2) is 0 Å². The lowest BCUT2D eigenvalue weighted by Gasteiger charge is -2.05. The standard InChI is InChI=1S/2C3H8O4Si/c2*1-2-3-7-8(4,5)6/h2*2,4-6H,1,3H2. The van der Waals surface area contributed by atoms with Crippen LogP contribution in [0.5, 0.6) is 0 Å². The van der Waals surface area contributed by atoms with Crippen molar-refractivity contribution in [3.05, 3.63) is 25.3 Å². The Kier molecular flexibility index (Phi) is 9.79. The Morgan fingerprint density at radius 1 is 0.750 bits per heavy atom. The van der Waals surface area contributed by atoms with Crippen molar-refractivity contribution in [1.82, 2.24) is 0 Å². The smallest absolute Gasteiger partial charge is 0.368 e. The molecule has 0 aliphatic heterocycles. The molecule has 0 aliphatic carbocycles. The summed E-state index contributed by atoms with van der Waals surface area (Å²) in [5.41, 5.74) is 0. The Morgan fingerprint density at radius 3 is 1.06 bits per heavy atom. The third-order valence-electron chi connectivity index (χ3n) is 0.790. The van der Waals surface area contributed by atoms with E-state index in [9.17, 15) is 0 Å². The maximum absolute atomic E-state index is 8.13. The van der Waals surface area contributed by atoms with Crippen LogP contribution in [0.15, 0.2) is 25.3 Å². The molecule has 0 atom stereocenters. The second-order valence-electron chi connectivity index (χ2n) is 2.35. The lowest BCUT2D eigenvalue weighted by Crippen LogP contribution is -2.38. The Morgan fingerprint density at radius 2 is 1.00 bits per heavy atom.